The second-order valence-electron chi connectivity index (χ2n) is 7.98. The average molecular weight is 447 g/mol. The molecule has 4 rings (SSSR count). The predicted molar refractivity (Wildman–Crippen MR) is 128 cm³/mol. The summed E-state index contributed by atoms with van der Waals surface area (Å²) in [7, 11) is 0. The van der Waals surface area contributed by atoms with Crippen LogP contribution < -0.4 is 10.1 Å². The Balaban J connectivity index is 1.51. The van der Waals surface area contributed by atoms with Gasteiger partial charge >= 0.3 is 0 Å². The summed E-state index contributed by atoms with van der Waals surface area (Å²) in [5.74, 6) is 0.436. The number of aromatic nitrogens is 1. The molecule has 3 N–H and O–H groups in total. The minimum absolute atomic E-state index is 0.0353. The summed E-state index contributed by atoms with van der Waals surface area (Å²) >= 11 is 0. The average Bonchev–Trinajstić information content (AvgIpc) is 2.84. The summed E-state index contributed by atoms with van der Waals surface area (Å²) < 4.78 is 20.6. The Bertz CT molecular complexity index is 1120. The van der Waals surface area contributed by atoms with Crippen molar-refractivity contribution in [3.8, 4) is 11.5 Å². The maximum Gasteiger partial charge on any atom is 0.136 e. The highest BCUT2D eigenvalue weighted by Crippen LogP contribution is 2.27. The van der Waals surface area contributed by atoms with Gasteiger partial charge in [-0.1, -0.05) is 24.8 Å². The largest absolute Gasteiger partial charge is 0.457 e. The van der Waals surface area contributed by atoms with Gasteiger partial charge in [0.1, 0.15) is 23.5 Å². The SMILES string of the molecule is C=CC(O)N1CCCC(Nc2ccncc2C(=N)c2ccc(Oc3ccccc3)cc2F)C1. The highest BCUT2D eigenvalue weighted by Gasteiger charge is 2.24. The highest BCUT2D eigenvalue weighted by atomic mass is 19.1. The van der Waals surface area contributed by atoms with Crippen LogP contribution >= 0.6 is 0 Å². The fraction of sp³-hybridized carbons (Fsp3) is 0.231. The second-order valence-corrected chi connectivity index (χ2v) is 7.98. The second kappa shape index (κ2) is 10.4. The van der Waals surface area contributed by atoms with E-state index in [1.807, 2.05) is 23.1 Å². The van der Waals surface area contributed by atoms with E-state index in [2.05, 4.69) is 16.9 Å². The van der Waals surface area contributed by atoms with Crippen molar-refractivity contribution in [3.63, 3.8) is 0 Å². The van der Waals surface area contributed by atoms with Gasteiger partial charge in [-0.15, -0.1) is 0 Å². The van der Waals surface area contributed by atoms with Gasteiger partial charge in [0.05, 0.1) is 5.71 Å². The molecule has 0 spiro atoms. The lowest BCUT2D eigenvalue weighted by molar-refractivity contribution is 0.0251. The molecule has 2 aromatic carbocycles. The van der Waals surface area contributed by atoms with E-state index in [0.29, 0.717) is 29.3 Å². The molecular weight excluding hydrogens is 419 g/mol. The number of hydrogen-bond donors (Lipinski definition) is 3. The lowest BCUT2D eigenvalue weighted by Crippen LogP contribution is -2.46. The monoisotopic (exact) mass is 446 g/mol. The Morgan fingerprint density at radius 3 is 2.79 bits per heavy atom. The van der Waals surface area contributed by atoms with E-state index in [-0.39, 0.29) is 17.3 Å². The Labute approximate surface area is 192 Å². The fourth-order valence-electron chi connectivity index (χ4n) is 3.98. The maximum atomic E-state index is 15.0. The Kier molecular flexibility index (Phi) is 7.12. The van der Waals surface area contributed by atoms with Crippen LogP contribution in [0.2, 0.25) is 0 Å². The minimum atomic E-state index is -0.685. The van der Waals surface area contributed by atoms with Crippen LogP contribution in [0.3, 0.4) is 0 Å². The van der Waals surface area contributed by atoms with Crippen molar-refractivity contribution in [2.75, 3.05) is 18.4 Å². The zero-order valence-corrected chi connectivity index (χ0v) is 18.2. The summed E-state index contributed by atoms with van der Waals surface area (Å²) in [6.45, 7) is 5.10. The van der Waals surface area contributed by atoms with Crippen molar-refractivity contribution in [1.82, 2.24) is 9.88 Å². The third-order valence-electron chi connectivity index (χ3n) is 5.68. The van der Waals surface area contributed by atoms with E-state index in [9.17, 15) is 9.50 Å². The van der Waals surface area contributed by atoms with Crippen LogP contribution in [0.4, 0.5) is 10.1 Å². The molecule has 2 heterocycles. The summed E-state index contributed by atoms with van der Waals surface area (Å²) in [6, 6.07) is 15.5. The first kappa shape index (κ1) is 22.6. The molecule has 6 nitrogen and oxygen atoms in total. The first-order chi connectivity index (χ1) is 16.0. The zero-order chi connectivity index (χ0) is 23.2. The molecule has 0 aliphatic carbocycles. The zero-order valence-electron chi connectivity index (χ0n) is 18.2. The van der Waals surface area contributed by atoms with Gasteiger partial charge in [-0.2, -0.15) is 0 Å². The number of piperidine rings is 1. The van der Waals surface area contributed by atoms with Crippen molar-refractivity contribution < 1.29 is 14.2 Å². The van der Waals surface area contributed by atoms with Gasteiger partial charge in [-0.3, -0.25) is 15.3 Å². The lowest BCUT2D eigenvalue weighted by Gasteiger charge is -2.35. The molecule has 0 bridgehead atoms. The van der Waals surface area contributed by atoms with Gasteiger partial charge in [0.25, 0.3) is 0 Å². The van der Waals surface area contributed by atoms with Crippen molar-refractivity contribution in [3.05, 3.63) is 96.6 Å². The summed E-state index contributed by atoms with van der Waals surface area (Å²) in [6.07, 6.45) is 5.90. The van der Waals surface area contributed by atoms with E-state index in [0.717, 1.165) is 19.4 Å². The minimum Gasteiger partial charge on any atom is -0.457 e. The molecular formula is C26H27FN4O2. The van der Waals surface area contributed by atoms with Gasteiger partial charge in [0.15, 0.2) is 0 Å². The van der Waals surface area contributed by atoms with Gasteiger partial charge in [-0.25, -0.2) is 4.39 Å². The van der Waals surface area contributed by atoms with Crippen LogP contribution in [-0.2, 0) is 0 Å². The maximum absolute atomic E-state index is 15.0. The number of ether oxygens (including phenoxy) is 1. The Hall–Kier alpha value is -3.55. The van der Waals surface area contributed by atoms with Crippen LogP contribution in [-0.4, -0.2) is 46.1 Å². The van der Waals surface area contributed by atoms with Gasteiger partial charge in [0.2, 0.25) is 0 Å². The van der Waals surface area contributed by atoms with E-state index in [1.54, 1.807) is 42.7 Å². The van der Waals surface area contributed by atoms with Crippen LogP contribution in [0.15, 0.2) is 79.6 Å². The summed E-state index contributed by atoms with van der Waals surface area (Å²) in [5, 5.41) is 22.2. The number of pyridine rings is 1. The summed E-state index contributed by atoms with van der Waals surface area (Å²) in [5.41, 5.74) is 1.42. The highest BCUT2D eigenvalue weighted by molar-refractivity contribution is 6.14. The number of anilines is 1. The topological polar surface area (TPSA) is 81.5 Å². The third-order valence-corrected chi connectivity index (χ3v) is 5.68. The molecule has 0 saturated carbocycles. The number of benzene rings is 2. The fourth-order valence-corrected chi connectivity index (χ4v) is 3.98. The van der Waals surface area contributed by atoms with E-state index in [4.69, 9.17) is 10.1 Å². The molecule has 170 valence electrons. The van der Waals surface area contributed by atoms with Gasteiger partial charge in [0, 0.05) is 54.4 Å². The van der Waals surface area contributed by atoms with Crippen LogP contribution in [0.5, 0.6) is 11.5 Å². The van der Waals surface area contributed by atoms with Crippen LogP contribution in [0.25, 0.3) is 0 Å². The molecule has 7 heteroatoms. The van der Waals surface area contributed by atoms with Crippen LogP contribution in [0.1, 0.15) is 24.0 Å². The number of para-hydroxylation sites is 1. The first-order valence-electron chi connectivity index (χ1n) is 10.9. The number of likely N-dealkylation sites (tertiary alicyclic amines) is 1. The number of rotatable bonds is 8. The predicted octanol–water partition coefficient (Wildman–Crippen LogP) is 4.81. The third kappa shape index (κ3) is 5.45. The molecule has 1 saturated heterocycles. The van der Waals surface area contributed by atoms with Gasteiger partial charge in [-0.05, 0) is 49.2 Å². The van der Waals surface area contributed by atoms with Crippen molar-refractivity contribution in [1.29, 1.82) is 5.41 Å². The summed E-state index contributed by atoms with van der Waals surface area (Å²) in [4.78, 5) is 6.10. The number of nitrogens with one attached hydrogen (secondary N) is 2. The molecule has 0 amide bonds. The van der Waals surface area contributed by atoms with Crippen molar-refractivity contribution >= 4 is 11.4 Å². The number of halogens is 1. The molecule has 2 unspecified atom stereocenters. The molecule has 1 aromatic heterocycles. The first-order valence-corrected chi connectivity index (χ1v) is 10.9. The molecule has 1 aliphatic heterocycles. The van der Waals surface area contributed by atoms with Gasteiger partial charge < -0.3 is 15.2 Å². The molecule has 1 aliphatic rings. The Morgan fingerprint density at radius 2 is 2.03 bits per heavy atom. The van der Waals surface area contributed by atoms with Crippen molar-refractivity contribution in [2.45, 2.75) is 25.1 Å². The normalized spacial score (nSPS) is 17.2. The molecule has 1 fully saturated rings. The number of aliphatic hydroxyl groups excluding tert-OH is 1. The Morgan fingerprint density at radius 1 is 1.21 bits per heavy atom. The quantitative estimate of drug-likeness (QED) is 0.342. The standard InChI is InChI=1S/C26H27FN4O2/c1-2-25(32)31-14-6-7-18(17-31)30-24-12-13-29-16-22(24)26(28)21-11-10-20(15-23(21)27)33-19-8-4-3-5-9-19/h2-5,8-13,15-16,18,25,28,32H,1,6-7,14,17H2,(H,29,30). The van der Waals surface area contributed by atoms with Crippen LogP contribution in [0, 0.1) is 11.2 Å². The molecule has 33 heavy (non-hydrogen) atoms. The van der Waals surface area contributed by atoms with E-state index < -0.39 is 12.0 Å². The lowest BCUT2D eigenvalue weighted by atomic mass is 10.00. The van der Waals surface area contributed by atoms with Crippen molar-refractivity contribution in [2.24, 2.45) is 0 Å². The smallest absolute Gasteiger partial charge is 0.136 e. The number of hydrogen-bond acceptors (Lipinski definition) is 6. The van der Waals surface area contributed by atoms with E-state index >= 15 is 0 Å². The van der Waals surface area contributed by atoms with E-state index in [1.165, 1.54) is 12.1 Å². The molecule has 3 aromatic rings. The molecule has 0 radical (unpaired) electrons. The molecule has 2 atom stereocenters. The number of aliphatic hydroxyl groups is 1. The number of nitrogens with zero attached hydrogens (tertiary/aromatic N) is 2.